The lowest BCUT2D eigenvalue weighted by molar-refractivity contribution is 0.589. The van der Waals surface area contributed by atoms with Crippen LogP contribution in [0.4, 0.5) is 34.1 Å². The van der Waals surface area contributed by atoms with E-state index in [1.807, 2.05) is 12.1 Å². The van der Waals surface area contributed by atoms with Crippen molar-refractivity contribution in [2.75, 3.05) is 9.80 Å². The Balaban J connectivity index is 1.40. The summed E-state index contributed by atoms with van der Waals surface area (Å²) in [5, 5.41) is 5.32. The summed E-state index contributed by atoms with van der Waals surface area (Å²) in [7, 11) is 0. The van der Waals surface area contributed by atoms with Gasteiger partial charge >= 0.3 is 0 Å². The third-order valence-corrected chi connectivity index (χ3v) is 13.7. The molecule has 2 aromatic heterocycles. The molecule has 0 bridgehead atoms. The summed E-state index contributed by atoms with van der Waals surface area (Å²) in [5.41, 5.74) is 17.9. The lowest BCUT2D eigenvalue weighted by atomic mass is 9.84. The van der Waals surface area contributed by atoms with Crippen molar-refractivity contribution in [1.82, 2.24) is 0 Å². The average molecular weight is 858 g/mol. The van der Waals surface area contributed by atoms with Crippen LogP contribution in [-0.2, 0) is 16.2 Å². The van der Waals surface area contributed by atoms with Gasteiger partial charge in [-0.1, -0.05) is 122 Å². The monoisotopic (exact) mass is 856 g/mol. The van der Waals surface area contributed by atoms with Gasteiger partial charge in [-0.25, -0.2) is 0 Å². The van der Waals surface area contributed by atoms with E-state index in [0.717, 1.165) is 73.1 Å². The van der Waals surface area contributed by atoms with Gasteiger partial charge in [-0.15, -0.1) is 11.3 Å². The fourth-order valence-electron chi connectivity index (χ4n) is 8.90. The van der Waals surface area contributed by atoms with E-state index in [9.17, 15) is 0 Å². The Morgan fingerprint density at radius 3 is 1.63 bits per heavy atom. The first kappa shape index (κ1) is 43.4. The molecule has 2 heterocycles. The van der Waals surface area contributed by atoms with E-state index in [2.05, 4.69) is 209 Å². The number of thiophene rings is 1. The molecule has 0 saturated heterocycles. The molecule has 0 unspecified atom stereocenters. The first-order chi connectivity index (χ1) is 29.1. The number of aryl methyl sites for hydroxylation is 5. The van der Waals surface area contributed by atoms with E-state index in [4.69, 9.17) is 16.0 Å². The van der Waals surface area contributed by atoms with Crippen LogP contribution in [0.15, 0.2) is 119 Å². The standard InChI is InChI=1S/C57H61ClN2OS/c1-34-25-46(59(44-22-19-41(20-23-44)55(6,7)8)53-35(2)27-40(28-36(53)3)50-31-39-17-15-16-18-49(39)61-50)52(58)47(26-34)60(54-37(4)29-43(30-38(54)5)57(12,13)14)48-33-62-51-24-21-42(32-45(48)51)56(9,10)11/h15-33H,1-14H3. The lowest BCUT2D eigenvalue weighted by Gasteiger charge is -2.34. The fourth-order valence-corrected chi connectivity index (χ4v) is 10.1. The maximum atomic E-state index is 8.09. The molecule has 0 radical (unpaired) electrons. The van der Waals surface area contributed by atoms with Gasteiger partial charge in [0.2, 0.25) is 0 Å². The summed E-state index contributed by atoms with van der Waals surface area (Å²) in [6, 6.07) is 40.1. The van der Waals surface area contributed by atoms with Crippen LogP contribution < -0.4 is 9.80 Å². The first-order valence-corrected chi connectivity index (χ1v) is 23.1. The minimum absolute atomic E-state index is 0.00242. The zero-order chi connectivity index (χ0) is 44.6. The van der Waals surface area contributed by atoms with E-state index < -0.39 is 0 Å². The van der Waals surface area contributed by atoms with Crippen LogP contribution >= 0.6 is 22.9 Å². The Bertz CT molecular complexity index is 2900. The highest BCUT2D eigenvalue weighted by atomic mass is 35.5. The topological polar surface area (TPSA) is 19.6 Å². The van der Waals surface area contributed by atoms with E-state index in [-0.39, 0.29) is 16.2 Å². The quantitative estimate of drug-likeness (QED) is 0.159. The summed E-state index contributed by atoms with van der Waals surface area (Å²) in [6.07, 6.45) is 0. The van der Waals surface area contributed by atoms with Crippen molar-refractivity contribution in [1.29, 1.82) is 0 Å². The number of anilines is 6. The van der Waals surface area contributed by atoms with Crippen LogP contribution in [0.3, 0.4) is 0 Å². The van der Waals surface area contributed by atoms with Gasteiger partial charge in [0.15, 0.2) is 0 Å². The molecule has 62 heavy (non-hydrogen) atoms. The van der Waals surface area contributed by atoms with Crippen molar-refractivity contribution in [3.8, 4) is 11.3 Å². The van der Waals surface area contributed by atoms with Crippen LogP contribution in [0.1, 0.15) is 107 Å². The van der Waals surface area contributed by atoms with Crippen molar-refractivity contribution >= 4 is 78.1 Å². The SMILES string of the molecule is Cc1cc(N(c2ccc(C(C)(C)C)cc2)c2c(C)cc(-c3cc4ccccc4o3)cc2C)c(Cl)c(N(c2c(C)cc(C(C)(C)C)cc2C)c2csc3ccc(C(C)(C)C)cc23)c1. The predicted octanol–water partition coefficient (Wildman–Crippen LogP) is 18.3. The molecule has 6 aromatic carbocycles. The average Bonchev–Trinajstić information content (AvgIpc) is 3.82. The Morgan fingerprint density at radius 1 is 0.516 bits per heavy atom. The molecule has 0 spiro atoms. The lowest BCUT2D eigenvalue weighted by Crippen LogP contribution is -2.19. The molecule has 0 N–H and O–H groups in total. The molecular weight excluding hydrogens is 796 g/mol. The van der Waals surface area contributed by atoms with Gasteiger partial charge < -0.3 is 14.2 Å². The van der Waals surface area contributed by atoms with Gasteiger partial charge in [-0.3, -0.25) is 0 Å². The molecular formula is C57H61ClN2OS. The number of furan rings is 1. The highest BCUT2D eigenvalue weighted by Gasteiger charge is 2.30. The molecule has 8 aromatic rings. The first-order valence-electron chi connectivity index (χ1n) is 21.8. The molecule has 0 fully saturated rings. The van der Waals surface area contributed by atoms with Crippen molar-refractivity contribution in [3.63, 3.8) is 0 Å². The fraction of sp³-hybridized carbons (Fsp3) is 0.298. The van der Waals surface area contributed by atoms with Crippen LogP contribution in [-0.4, -0.2) is 0 Å². The third kappa shape index (κ3) is 8.09. The smallest absolute Gasteiger partial charge is 0.135 e. The number of fused-ring (bicyclic) bond motifs is 2. The van der Waals surface area contributed by atoms with Gasteiger partial charge in [0, 0.05) is 32.1 Å². The van der Waals surface area contributed by atoms with Crippen LogP contribution in [0.2, 0.25) is 5.02 Å². The maximum absolute atomic E-state index is 8.09. The molecule has 0 amide bonds. The van der Waals surface area contributed by atoms with E-state index in [1.165, 1.54) is 37.9 Å². The summed E-state index contributed by atoms with van der Waals surface area (Å²) in [6.45, 7) is 31.6. The summed E-state index contributed by atoms with van der Waals surface area (Å²) < 4.78 is 7.65. The Hall–Kier alpha value is -5.29. The van der Waals surface area contributed by atoms with Crippen molar-refractivity contribution in [2.24, 2.45) is 0 Å². The van der Waals surface area contributed by atoms with Gasteiger partial charge in [0.25, 0.3) is 0 Å². The molecule has 0 aliphatic heterocycles. The minimum Gasteiger partial charge on any atom is -0.456 e. The third-order valence-electron chi connectivity index (χ3n) is 12.3. The van der Waals surface area contributed by atoms with Gasteiger partial charge in [0.1, 0.15) is 11.3 Å². The van der Waals surface area contributed by atoms with Crippen LogP contribution in [0.25, 0.3) is 32.4 Å². The van der Waals surface area contributed by atoms with Gasteiger partial charge in [-0.05, 0) is 156 Å². The second-order valence-electron chi connectivity index (χ2n) is 20.5. The number of halogens is 1. The van der Waals surface area contributed by atoms with Gasteiger partial charge in [-0.2, -0.15) is 0 Å². The zero-order valence-corrected chi connectivity index (χ0v) is 40.6. The van der Waals surface area contributed by atoms with Crippen molar-refractivity contribution < 1.29 is 4.42 Å². The van der Waals surface area contributed by atoms with Crippen LogP contribution in [0.5, 0.6) is 0 Å². The van der Waals surface area contributed by atoms with Crippen molar-refractivity contribution in [2.45, 2.75) is 113 Å². The van der Waals surface area contributed by atoms with Gasteiger partial charge in [0.05, 0.1) is 33.5 Å². The number of para-hydroxylation sites is 1. The van der Waals surface area contributed by atoms with Crippen molar-refractivity contribution in [3.05, 3.63) is 164 Å². The number of rotatable bonds is 7. The molecule has 5 heteroatoms. The normalized spacial score (nSPS) is 12.4. The highest BCUT2D eigenvalue weighted by molar-refractivity contribution is 7.17. The van der Waals surface area contributed by atoms with E-state index in [1.54, 1.807) is 11.3 Å². The van der Waals surface area contributed by atoms with Crippen LogP contribution in [0, 0.1) is 34.6 Å². The number of nitrogens with zero attached hydrogens (tertiary/aromatic N) is 2. The molecule has 0 aliphatic carbocycles. The Kier molecular flexibility index (Phi) is 11.1. The predicted molar refractivity (Wildman–Crippen MR) is 271 cm³/mol. The molecule has 318 valence electrons. The molecule has 8 rings (SSSR count). The Morgan fingerprint density at radius 2 is 1.05 bits per heavy atom. The van der Waals surface area contributed by atoms with E-state index >= 15 is 0 Å². The summed E-state index contributed by atoms with van der Waals surface area (Å²) in [4.78, 5) is 4.83. The summed E-state index contributed by atoms with van der Waals surface area (Å²) >= 11 is 9.88. The number of benzene rings is 6. The largest absolute Gasteiger partial charge is 0.456 e. The highest BCUT2D eigenvalue weighted by Crippen LogP contribution is 2.52. The number of hydrogen-bond donors (Lipinski definition) is 0. The van der Waals surface area contributed by atoms with E-state index in [0.29, 0.717) is 5.02 Å². The second-order valence-corrected chi connectivity index (χ2v) is 21.8. The minimum atomic E-state index is -0.00865. The Labute approximate surface area is 379 Å². The second kappa shape index (κ2) is 15.8. The molecule has 0 atom stereocenters. The zero-order valence-electron chi connectivity index (χ0n) is 39.1. The number of hydrogen-bond acceptors (Lipinski definition) is 4. The molecule has 3 nitrogen and oxygen atoms in total. The summed E-state index contributed by atoms with van der Waals surface area (Å²) in [5.74, 6) is 0.859. The molecule has 0 saturated carbocycles. The molecule has 0 aliphatic rings. The maximum Gasteiger partial charge on any atom is 0.135 e.